The number of carbonyl (C=O) groups is 2. The quantitative estimate of drug-likeness (QED) is 0.410. The Morgan fingerprint density at radius 3 is 2.30 bits per heavy atom. The molecule has 2 unspecified atom stereocenters. The highest BCUT2D eigenvalue weighted by Crippen LogP contribution is 2.41. The van der Waals surface area contributed by atoms with Crippen LogP contribution in [0.15, 0.2) is 48.5 Å². The number of ether oxygens (including phenoxy) is 1. The van der Waals surface area contributed by atoms with Gasteiger partial charge in [0, 0.05) is 15.5 Å². The van der Waals surface area contributed by atoms with E-state index in [9.17, 15) is 14.7 Å². The van der Waals surface area contributed by atoms with Gasteiger partial charge in [-0.15, -0.1) is 0 Å². The van der Waals surface area contributed by atoms with Crippen LogP contribution in [-0.4, -0.2) is 23.2 Å². The molecule has 2 aromatic carbocycles. The van der Waals surface area contributed by atoms with Crippen molar-refractivity contribution in [3.63, 3.8) is 0 Å². The molecule has 0 radical (unpaired) electrons. The van der Waals surface area contributed by atoms with Crippen molar-refractivity contribution in [2.75, 3.05) is 0 Å². The highest BCUT2D eigenvalue weighted by atomic mass is 35.5. The highest BCUT2D eigenvalue weighted by molar-refractivity contribution is 6.30. The third-order valence-corrected chi connectivity index (χ3v) is 6.95. The fourth-order valence-electron chi connectivity index (χ4n) is 4.60. The van der Waals surface area contributed by atoms with E-state index in [1.54, 1.807) is 24.3 Å². The summed E-state index contributed by atoms with van der Waals surface area (Å²) in [7, 11) is 0. The van der Waals surface area contributed by atoms with Crippen molar-refractivity contribution in [2.24, 2.45) is 5.92 Å². The molecule has 0 spiro atoms. The molecule has 2 aromatic rings. The van der Waals surface area contributed by atoms with Gasteiger partial charge < -0.3 is 15.2 Å². The lowest BCUT2D eigenvalue weighted by Gasteiger charge is -2.35. The average molecular weight is 492 g/mol. The fraction of sp³-hybridized carbons (Fsp3) is 0.462. The summed E-state index contributed by atoms with van der Waals surface area (Å²) in [5.74, 6) is -0.752. The van der Waals surface area contributed by atoms with Crippen LogP contribution in [0.3, 0.4) is 0 Å². The number of alkyl carbamates (subject to hydrolysis) is 1. The molecule has 178 valence electrons. The fourth-order valence-corrected chi connectivity index (χ4v) is 4.99. The maximum atomic E-state index is 13.0. The van der Waals surface area contributed by atoms with Crippen molar-refractivity contribution in [2.45, 2.75) is 69.9 Å². The van der Waals surface area contributed by atoms with E-state index in [-0.39, 0.29) is 0 Å². The van der Waals surface area contributed by atoms with E-state index in [0.29, 0.717) is 27.9 Å². The lowest BCUT2D eigenvalue weighted by Crippen LogP contribution is -2.44. The van der Waals surface area contributed by atoms with E-state index in [0.717, 1.165) is 31.2 Å². The second-order valence-corrected chi connectivity index (χ2v) is 10.2. The monoisotopic (exact) mass is 491 g/mol. The van der Waals surface area contributed by atoms with Gasteiger partial charge in [-0.2, -0.15) is 0 Å². The summed E-state index contributed by atoms with van der Waals surface area (Å²) in [6, 6.07) is 13.5. The summed E-state index contributed by atoms with van der Waals surface area (Å²) in [6.07, 6.45) is 4.30. The van der Waals surface area contributed by atoms with Crippen LogP contribution in [0, 0.1) is 5.92 Å². The van der Waals surface area contributed by atoms with Crippen molar-refractivity contribution in [1.82, 2.24) is 5.32 Å². The minimum Gasteiger partial charge on any atom is -0.480 e. The van der Waals surface area contributed by atoms with Crippen LogP contribution in [-0.2, 0) is 14.9 Å². The van der Waals surface area contributed by atoms with Crippen molar-refractivity contribution < 1.29 is 19.4 Å². The first-order valence-electron chi connectivity index (χ1n) is 11.4. The van der Waals surface area contributed by atoms with Crippen LogP contribution in [0.1, 0.15) is 69.6 Å². The van der Waals surface area contributed by atoms with Crippen LogP contribution >= 0.6 is 23.2 Å². The molecular formula is C26H31Cl2NO4. The summed E-state index contributed by atoms with van der Waals surface area (Å²) in [6.45, 7) is 3.91. The lowest BCUT2D eigenvalue weighted by atomic mass is 9.76. The third-order valence-electron chi connectivity index (χ3n) is 6.48. The second kappa shape index (κ2) is 11.3. The maximum absolute atomic E-state index is 13.0. The number of halogens is 2. The summed E-state index contributed by atoms with van der Waals surface area (Å²) >= 11 is 12.4. The standard InChI is InChI=1S/C26H31Cl2NO4/c1-26(2,19-11-7-13-21(28)16-19)23(18-10-6-12-20(27)15-18)33-25(32)29-22(24(30)31)14-17-8-4-3-5-9-17/h6-7,10-13,15-17,22-23H,3-5,8-9,14H2,1-2H3,(H,29,32)(H,30,31). The maximum Gasteiger partial charge on any atom is 0.408 e. The zero-order valence-corrected chi connectivity index (χ0v) is 20.5. The topological polar surface area (TPSA) is 75.6 Å². The molecule has 2 N–H and O–H groups in total. The average Bonchev–Trinajstić information content (AvgIpc) is 2.77. The summed E-state index contributed by atoms with van der Waals surface area (Å²) in [4.78, 5) is 24.8. The number of carbonyl (C=O) groups excluding carboxylic acids is 1. The Morgan fingerprint density at radius 2 is 1.70 bits per heavy atom. The Kier molecular flexibility index (Phi) is 8.66. The number of carboxylic acids is 1. The molecule has 0 heterocycles. The summed E-state index contributed by atoms with van der Waals surface area (Å²) < 4.78 is 5.91. The minimum atomic E-state index is -1.05. The van der Waals surface area contributed by atoms with Crippen molar-refractivity contribution in [1.29, 1.82) is 0 Å². The highest BCUT2D eigenvalue weighted by Gasteiger charge is 2.37. The number of benzene rings is 2. The predicted octanol–water partition coefficient (Wildman–Crippen LogP) is 7.16. The van der Waals surface area contributed by atoms with Crippen LogP contribution in [0.2, 0.25) is 10.0 Å². The van der Waals surface area contributed by atoms with Crippen molar-refractivity contribution >= 4 is 35.3 Å². The molecule has 1 fully saturated rings. The van der Waals surface area contributed by atoms with Crippen molar-refractivity contribution in [3.05, 3.63) is 69.7 Å². The first-order valence-corrected chi connectivity index (χ1v) is 12.1. The predicted molar refractivity (Wildman–Crippen MR) is 131 cm³/mol. The molecule has 2 atom stereocenters. The summed E-state index contributed by atoms with van der Waals surface area (Å²) in [5.41, 5.74) is 0.918. The van der Waals surface area contributed by atoms with Crippen molar-refractivity contribution in [3.8, 4) is 0 Å². The third kappa shape index (κ3) is 6.87. The zero-order valence-electron chi connectivity index (χ0n) is 19.0. The Morgan fingerprint density at radius 1 is 1.06 bits per heavy atom. The number of nitrogens with one attached hydrogen (secondary N) is 1. The number of aliphatic carboxylic acids is 1. The number of carboxylic acid groups (broad SMARTS) is 1. The zero-order chi connectivity index (χ0) is 24.0. The lowest BCUT2D eigenvalue weighted by molar-refractivity contribution is -0.140. The number of amides is 1. The number of rotatable bonds is 8. The van der Waals surface area contributed by atoms with E-state index in [2.05, 4.69) is 5.32 Å². The Hall–Kier alpha value is -2.24. The summed E-state index contributed by atoms with van der Waals surface area (Å²) in [5, 5.41) is 13.4. The van der Waals surface area contributed by atoms with Gasteiger partial charge >= 0.3 is 12.1 Å². The Labute approximate surface area is 205 Å². The molecule has 0 bridgehead atoms. The molecule has 1 aliphatic carbocycles. The van der Waals surface area contributed by atoms with Crippen LogP contribution < -0.4 is 5.32 Å². The van der Waals surface area contributed by atoms with E-state index >= 15 is 0 Å². The van der Waals surface area contributed by atoms with Crippen LogP contribution in [0.5, 0.6) is 0 Å². The van der Waals surface area contributed by atoms with E-state index in [4.69, 9.17) is 27.9 Å². The molecule has 5 nitrogen and oxygen atoms in total. The minimum absolute atomic E-state index is 0.298. The van der Waals surface area contributed by atoms with Gasteiger partial charge in [0.25, 0.3) is 0 Å². The first kappa shape index (κ1) is 25.4. The van der Waals surface area contributed by atoms with Gasteiger partial charge in [0.2, 0.25) is 0 Å². The largest absolute Gasteiger partial charge is 0.480 e. The van der Waals surface area contributed by atoms with Gasteiger partial charge in [-0.3, -0.25) is 0 Å². The van der Waals surface area contributed by atoms with E-state index < -0.39 is 29.6 Å². The Bertz CT molecular complexity index is 972. The smallest absolute Gasteiger partial charge is 0.408 e. The molecule has 0 aromatic heterocycles. The van der Waals surface area contributed by atoms with Crippen LogP contribution in [0.25, 0.3) is 0 Å². The van der Waals surface area contributed by atoms with Gasteiger partial charge in [0.05, 0.1) is 0 Å². The molecular weight excluding hydrogens is 461 g/mol. The van der Waals surface area contributed by atoms with E-state index in [1.807, 2.05) is 38.1 Å². The van der Waals surface area contributed by atoms with Gasteiger partial charge in [-0.05, 0) is 47.7 Å². The molecule has 7 heteroatoms. The first-order chi connectivity index (χ1) is 15.7. The van der Waals surface area contributed by atoms with Gasteiger partial charge in [-0.1, -0.05) is 93.4 Å². The molecule has 1 saturated carbocycles. The second-order valence-electron chi connectivity index (χ2n) is 9.35. The SMILES string of the molecule is CC(C)(c1cccc(Cl)c1)C(OC(=O)NC(CC1CCCCC1)C(=O)O)c1cccc(Cl)c1. The molecule has 0 saturated heterocycles. The molecule has 1 aliphatic rings. The van der Waals surface area contributed by atoms with Gasteiger partial charge in [0.15, 0.2) is 0 Å². The van der Waals surface area contributed by atoms with E-state index in [1.165, 1.54) is 6.42 Å². The normalized spacial score (nSPS) is 16.6. The van der Waals surface area contributed by atoms with Gasteiger partial charge in [-0.25, -0.2) is 9.59 Å². The molecule has 3 rings (SSSR count). The van der Waals surface area contributed by atoms with Gasteiger partial charge in [0.1, 0.15) is 12.1 Å². The molecule has 33 heavy (non-hydrogen) atoms. The number of hydrogen-bond donors (Lipinski definition) is 2. The molecule has 1 amide bonds. The number of hydrogen-bond acceptors (Lipinski definition) is 3. The molecule has 0 aliphatic heterocycles. The Balaban J connectivity index is 1.83. The van der Waals surface area contributed by atoms with Crippen LogP contribution in [0.4, 0.5) is 4.79 Å².